The maximum absolute atomic E-state index is 11.3. The summed E-state index contributed by atoms with van der Waals surface area (Å²) in [6.45, 7) is 6.13. The van der Waals surface area contributed by atoms with Crippen LogP contribution in [0.15, 0.2) is 18.2 Å². The predicted molar refractivity (Wildman–Crippen MR) is 71.6 cm³/mol. The molecular weight excluding hydrogens is 230 g/mol. The fourth-order valence-electron chi connectivity index (χ4n) is 1.63. The Hall–Kier alpha value is -1.71. The number of carbonyl (C=O) groups excluding carboxylic acids is 1. The van der Waals surface area contributed by atoms with E-state index in [2.05, 4.69) is 0 Å². The lowest BCUT2D eigenvalue weighted by Crippen LogP contribution is -2.10. The van der Waals surface area contributed by atoms with Crippen molar-refractivity contribution in [2.75, 3.05) is 12.3 Å². The van der Waals surface area contributed by atoms with Crippen LogP contribution in [0, 0.1) is 0 Å². The minimum atomic E-state index is -0.199. The molecule has 0 spiro atoms. The van der Waals surface area contributed by atoms with Gasteiger partial charge in [0.25, 0.3) is 0 Å². The van der Waals surface area contributed by atoms with Gasteiger partial charge in [-0.2, -0.15) is 0 Å². The van der Waals surface area contributed by atoms with Gasteiger partial charge in [-0.3, -0.25) is 4.79 Å². The standard InChI is InChI=1S/C14H21NO3/c1-4-17-14(16)8-5-11-9-12(15)6-7-13(11)18-10(2)3/h6-7,9-10H,4-5,8,15H2,1-3H3. The molecule has 100 valence electrons. The monoisotopic (exact) mass is 251 g/mol. The summed E-state index contributed by atoms with van der Waals surface area (Å²) < 4.78 is 10.6. The molecule has 4 nitrogen and oxygen atoms in total. The van der Waals surface area contributed by atoms with Crippen molar-refractivity contribution in [3.63, 3.8) is 0 Å². The van der Waals surface area contributed by atoms with E-state index in [4.69, 9.17) is 15.2 Å². The largest absolute Gasteiger partial charge is 0.491 e. The van der Waals surface area contributed by atoms with E-state index in [1.54, 1.807) is 13.0 Å². The highest BCUT2D eigenvalue weighted by atomic mass is 16.5. The van der Waals surface area contributed by atoms with Gasteiger partial charge in [-0.15, -0.1) is 0 Å². The minimum absolute atomic E-state index is 0.0926. The molecule has 1 aromatic carbocycles. The zero-order chi connectivity index (χ0) is 13.5. The minimum Gasteiger partial charge on any atom is -0.491 e. The van der Waals surface area contributed by atoms with Crippen molar-refractivity contribution in [3.8, 4) is 5.75 Å². The second kappa shape index (κ2) is 6.89. The van der Waals surface area contributed by atoms with Gasteiger partial charge >= 0.3 is 5.97 Å². The van der Waals surface area contributed by atoms with Crippen LogP contribution in [0.5, 0.6) is 5.75 Å². The Bertz CT molecular complexity index is 402. The SMILES string of the molecule is CCOC(=O)CCc1cc(N)ccc1OC(C)C. The number of rotatable bonds is 6. The molecule has 0 aliphatic carbocycles. The van der Waals surface area contributed by atoms with Crippen molar-refractivity contribution in [2.24, 2.45) is 0 Å². The molecule has 0 amide bonds. The molecular formula is C14H21NO3. The quantitative estimate of drug-likeness (QED) is 0.623. The van der Waals surface area contributed by atoms with Crippen LogP contribution < -0.4 is 10.5 Å². The molecule has 0 saturated heterocycles. The van der Waals surface area contributed by atoms with Crippen LogP contribution in [0.2, 0.25) is 0 Å². The van der Waals surface area contributed by atoms with Gasteiger partial charge in [-0.1, -0.05) is 0 Å². The molecule has 0 saturated carbocycles. The molecule has 2 N–H and O–H groups in total. The number of nitrogens with two attached hydrogens (primary N) is 1. The van der Waals surface area contributed by atoms with E-state index in [0.717, 1.165) is 11.3 Å². The summed E-state index contributed by atoms with van der Waals surface area (Å²) in [5, 5.41) is 0. The van der Waals surface area contributed by atoms with E-state index in [-0.39, 0.29) is 12.1 Å². The summed E-state index contributed by atoms with van der Waals surface area (Å²) in [6.07, 6.45) is 1.01. The molecule has 1 rings (SSSR count). The smallest absolute Gasteiger partial charge is 0.306 e. The molecule has 0 bridgehead atoms. The van der Waals surface area contributed by atoms with Crippen LogP contribution in [0.25, 0.3) is 0 Å². The summed E-state index contributed by atoms with van der Waals surface area (Å²) in [6, 6.07) is 5.48. The van der Waals surface area contributed by atoms with Gasteiger partial charge in [0.1, 0.15) is 5.75 Å². The maximum Gasteiger partial charge on any atom is 0.306 e. The molecule has 18 heavy (non-hydrogen) atoms. The molecule has 0 heterocycles. The Kier molecular flexibility index (Phi) is 5.49. The van der Waals surface area contributed by atoms with Crippen molar-refractivity contribution in [1.29, 1.82) is 0 Å². The van der Waals surface area contributed by atoms with Crippen LogP contribution >= 0.6 is 0 Å². The highest BCUT2D eigenvalue weighted by molar-refractivity contribution is 5.70. The lowest BCUT2D eigenvalue weighted by molar-refractivity contribution is -0.143. The third kappa shape index (κ3) is 4.65. The van der Waals surface area contributed by atoms with Crippen LogP contribution in [-0.2, 0) is 16.0 Å². The fourth-order valence-corrected chi connectivity index (χ4v) is 1.63. The fraction of sp³-hybridized carbons (Fsp3) is 0.500. The predicted octanol–water partition coefficient (Wildman–Crippen LogP) is 2.55. The highest BCUT2D eigenvalue weighted by Gasteiger charge is 2.09. The van der Waals surface area contributed by atoms with Gasteiger partial charge in [0.05, 0.1) is 12.7 Å². The molecule has 0 fully saturated rings. The number of nitrogen functional groups attached to an aromatic ring is 1. The van der Waals surface area contributed by atoms with Crippen LogP contribution in [0.4, 0.5) is 5.69 Å². The van der Waals surface area contributed by atoms with Crippen molar-refractivity contribution >= 4 is 11.7 Å². The molecule has 0 aliphatic heterocycles. The first-order valence-corrected chi connectivity index (χ1v) is 6.23. The number of anilines is 1. The van der Waals surface area contributed by atoms with Crippen molar-refractivity contribution < 1.29 is 14.3 Å². The van der Waals surface area contributed by atoms with Crippen molar-refractivity contribution in [3.05, 3.63) is 23.8 Å². The zero-order valence-corrected chi connectivity index (χ0v) is 11.2. The van der Waals surface area contributed by atoms with E-state index < -0.39 is 0 Å². The Morgan fingerprint density at radius 3 is 2.72 bits per heavy atom. The Labute approximate surface area is 108 Å². The number of ether oxygens (including phenoxy) is 2. The molecule has 0 aliphatic rings. The summed E-state index contributed by atoms with van der Waals surface area (Å²) >= 11 is 0. The van der Waals surface area contributed by atoms with Crippen molar-refractivity contribution in [2.45, 2.75) is 39.7 Å². The topological polar surface area (TPSA) is 61.5 Å². The van der Waals surface area contributed by atoms with Gasteiger partial charge in [0, 0.05) is 12.1 Å². The average molecular weight is 251 g/mol. The van der Waals surface area contributed by atoms with Crippen molar-refractivity contribution in [1.82, 2.24) is 0 Å². The lowest BCUT2D eigenvalue weighted by atomic mass is 10.1. The van der Waals surface area contributed by atoms with Gasteiger partial charge in [0.15, 0.2) is 0 Å². The molecule has 0 aromatic heterocycles. The number of carbonyl (C=O) groups is 1. The second-order valence-corrected chi connectivity index (χ2v) is 4.34. The molecule has 0 atom stereocenters. The summed E-state index contributed by atoms with van der Waals surface area (Å²) in [7, 11) is 0. The van der Waals surface area contributed by atoms with E-state index in [0.29, 0.717) is 25.1 Å². The molecule has 0 radical (unpaired) electrons. The summed E-state index contributed by atoms with van der Waals surface area (Å²) in [4.78, 5) is 11.3. The van der Waals surface area contributed by atoms with E-state index in [9.17, 15) is 4.79 Å². The Morgan fingerprint density at radius 1 is 1.39 bits per heavy atom. The molecule has 1 aromatic rings. The summed E-state index contributed by atoms with van der Waals surface area (Å²) in [5.74, 6) is 0.582. The van der Waals surface area contributed by atoms with Crippen LogP contribution in [0.1, 0.15) is 32.8 Å². The van der Waals surface area contributed by atoms with Crippen LogP contribution in [-0.4, -0.2) is 18.7 Å². The number of hydrogen-bond donors (Lipinski definition) is 1. The first kappa shape index (κ1) is 14.4. The van der Waals surface area contributed by atoms with Crippen LogP contribution in [0.3, 0.4) is 0 Å². The van der Waals surface area contributed by atoms with E-state index >= 15 is 0 Å². The third-order valence-electron chi connectivity index (χ3n) is 2.35. The molecule has 0 unspecified atom stereocenters. The van der Waals surface area contributed by atoms with Gasteiger partial charge < -0.3 is 15.2 Å². The third-order valence-corrected chi connectivity index (χ3v) is 2.35. The Balaban J connectivity index is 2.72. The number of benzene rings is 1. The highest BCUT2D eigenvalue weighted by Crippen LogP contribution is 2.24. The normalized spacial score (nSPS) is 10.4. The first-order chi connectivity index (χ1) is 8.52. The maximum atomic E-state index is 11.3. The number of hydrogen-bond acceptors (Lipinski definition) is 4. The first-order valence-electron chi connectivity index (χ1n) is 6.23. The second-order valence-electron chi connectivity index (χ2n) is 4.34. The number of aryl methyl sites for hydroxylation is 1. The zero-order valence-electron chi connectivity index (χ0n) is 11.2. The lowest BCUT2D eigenvalue weighted by Gasteiger charge is -2.14. The number of esters is 1. The molecule has 4 heteroatoms. The average Bonchev–Trinajstić information content (AvgIpc) is 2.29. The van der Waals surface area contributed by atoms with E-state index in [1.165, 1.54) is 0 Å². The van der Waals surface area contributed by atoms with Gasteiger partial charge in [0.2, 0.25) is 0 Å². The van der Waals surface area contributed by atoms with Gasteiger partial charge in [-0.05, 0) is 51.0 Å². The Morgan fingerprint density at radius 2 is 2.11 bits per heavy atom. The van der Waals surface area contributed by atoms with E-state index in [1.807, 2.05) is 26.0 Å². The van der Waals surface area contributed by atoms with Gasteiger partial charge in [-0.25, -0.2) is 0 Å². The summed E-state index contributed by atoms with van der Waals surface area (Å²) in [5.41, 5.74) is 7.36.